The van der Waals surface area contributed by atoms with Crippen LogP contribution in [0.15, 0.2) is 96.2 Å². The number of aliphatic hydroxyl groups excluding tert-OH is 3. The number of allylic oxidation sites excluding steroid dienone is 1. The molecule has 0 saturated heterocycles. The van der Waals surface area contributed by atoms with Gasteiger partial charge in [0.1, 0.15) is 37.1 Å². The molecule has 1 amide bonds. The van der Waals surface area contributed by atoms with Gasteiger partial charge < -0.3 is 44.0 Å². The number of nitriles is 1. The molecule has 1 saturated carbocycles. The third-order valence-electron chi connectivity index (χ3n) is 11.8. The number of rotatable bonds is 22. The normalized spacial score (nSPS) is 23.4. The molecule has 1 heterocycles. The van der Waals surface area contributed by atoms with Crippen LogP contribution in [-0.2, 0) is 20.9 Å². The SMILES string of the molecule is C=CCOC12Oc3ccc(OCc4ccccc4F)cc3C3C(CCCCO)C(CCCCO)C=C(C(=NOC)CC1N(CCOCCO)C(=O)c1ccc(C#N)cc1)C32. The molecule has 320 valence electrons. The van der Waals surface area contributed by atoms with E-state index in [1.54, 1.807) is 59.5 Å². The van der Waals surface area contributed by atoms with Crippen LogP contribution in [0, 0.1) is 34.9 Å². The zero-order valence-corrected chi connectivity index (χ0v) is 34.2. The number of nitrogens with zero attached hydrogens (tertiary/aromatic N) is 3. The number of aliphatic hydroxyl groups is 3. The van der Waals surface area contributed by atoms with Crippen molar-refractivity contribution < 1.29 is 48.3 Å². The van der Waals surface area contributed by atoms with Gasteiger partial charge in [0.25, 0.3) is 5.91 Å². The number of unbranched alkanes of at least 4 members (excludes halogenated alkanes) is 2. The highest BCUT2D eigenvalue weighted by atomic mass is 19.1. The van der Waals surface area contributed by atoms with E-state index in [2.05, 4.69) is 23.9 Å². The van der Waals surface area contributed by atoms with Gasteiger partial charge in [0.2, 0.25) is 5.79 Å². The molecule has 1 aliphatic heterocycles. The van der Waals surface area contributed by atoms with Gasteiger partial charge in [-0.1, -0.05) is 48.3 Å². The maximum absolute atomic E-state index is 14.9. The minimum Gasteiger partial charge on any atom is -0.489 e. The average molecular weight is 826 g/mol. The standard InChI is InChI=1S/C47H56FN3O9/c1-3-24-59-47-43(51(20-25-57-26-23-54)46(55)33-16-14-32(30-49)15-17-33)29-41(50-56-2)38-27-34(10-6-8-21-52)37(12-7-9-22-53)44(45(38)47)39-28-36(18-19-42(39)60-47)58-31-35-11-4-5-13-40(35)48/h3-5,11,13-19,27-28,34,37,43-45,52-54H,1,6-10,12,20-26,29,31H2,2H3. The fourth-order valence-corrected chi connectivity index (χ4v) is 9.21. The minimum absolute atomic E-state index is 0.0130. The monoisotopic (exact) mass is 825 g/mol. The summed E-state index contributed by atoms with van der Waals surface area (Å²) in [5, 5.41) is 43.4. The first kappa shape index (κ1) is 44.5. The van der Waals surface area contributed by atoms with Crippen LogP contribution in [0.5, 0.6) is 11.5 Å². The molecular weight excluding hydrogens is 770 g/mol. The van der Waals surface area contributed by atoms with Crippen LogP contribution in [0.25, 0.3) is 0 Å². The lowest BCUT2D eigenvalue weighted by Gasteiger charge is -2.60. The van der Waals surface area contributed by atoms with Gasteiger partial charge in [-0.05, 0) is 91.6 Å². The van der Waals surface area contributed by atoms with E-state index in [1.165, 1.54) is 13.2 Å². The molecule has 0 radical (unpaired) electrons. The second kappa shape index (κ2) is 21.4. The van der Waals surface area contributed by atoms with Gasteiger partial charge >= 0.3 is 0 Å². The summed E-state index contributed by atoms with van der Waals surface area (Å²) >= 11 is 0. The zero-order chi connectivity index (χ0) is 42.5. The van der Waals surface area contributed by atoms with Gasteiger partial charge in [0, 0.05) is 48.8 Å². The topological polar surface area (TPSA) is 163 Å². The lowest BCUT2D eigenvalue weighted by Crippen LogP contribution is -2.70. The Morgan fingerprint density at radius 3 is 2.50 bits per heavy atom. The molecule has 0 aromatic heterocycles. The van der Waals surface area contributed by atoms with Crippen LogP contribution < -0.4 is 9.47 Å². The summed E-state index contributed by atoms with van der Waals surface area (Å²) < 4.78 is 41.0. The van der Waals surface area contributed by atoms with E-state index in [0.717, 1.165) is 36.8 Å². The molecule has 3 aromatic rings. The van der Waals surface area contributed by atoms with Crippen molar-refractivity contribution in [1.29, 1.82) is 5.26 Å². The molecule has 0 spiro atoms. The number of halogens is 1. The first-order valence-corrected chi connectivity index (χ1v) is 20.8. The van der Waals surface area contributed by atoms with Crippen molar-refractivity contribution >= 4 is 11.6 Å². The van der Waals surface area contributed by atoms with Crippen LogP contribution in [-0.4, -0.2) is 97.0 Å². The number of ether oxygens (including phenoxy) is 4. The fraction of sp³-hybridized carbons (Fsp3) is 0.468. The van der Waals surface area contributed by atoms with Gasteiger partial charge in [-0.15, -0.1) is 6.58 Å². The highest BCUT2D eigenvalue weighted by Crippen LogP contribution is 2.62. The van der Waals surface area contributed by atoms with E-state index in [1.807, 2.05) is 12.1 Å². The third kappa shape index (κ3) is 9.75. The molecule has 12 nitrogen and oxygen atoms in total. The average Bonchev–Trinajstić information content (AvgIpc) is 3.27. The molecular formula is C47H56FN3O9. The van der Waals surface area contributed by atoms with Crippen molar-refractivity contribution in [2.75, 3.05) is 53.3 Å². The second-order valence-electron chi connectivity index (χ2n) is 15.4. The van der Waals surface area contributed by atoms with Gasteiger partial charge in [-0.2, -0.15) is 5.26 Å². The van der Waals surface area contributed by atoms with E-state index in [9.17, 15) is 29.8 Å². The second-order valence-corrected chi connectivity index (χ2v) is 15.4. The third-order valence-corrected chi connectivity index (χ3v) is 11.8. The molecule has 6 atom stereocenters. The number of hydrogen-bond acceptors (Lipinski definition) is 11. The molecule has 2 aliphatic carbocycles. The van der Waals surface area contributed by atoms with Gasteiger partial charge in [-0.3, -0.25) is 4.79 Å². The Kier molecular flexibility index (Phi) is 15.9. The van der Waals surface area contributed by atoms with Crippen LogP contribution >= 0.6 is 0 Å². The molecule has 3 N–H and O–H groups in total. The number of amides is 1. The number of carbonyl (C=O) groups is 1. The Labute approximate surface area is 351 Å². The van der Waals surface area contributed by atoms with E-state index in [4.69, 9.17) is 23.8 Å². The van der Waals surface area contributed by atoms with Crippen molar-refractivity contribution in [2.45, 2.75) is 69.3 Å². The predicted molar refractivity (Wildman–Crippen MR) is 223 cm³/mol. The lowest BCUT2D eigenvalue weighted by molar-refractivity contribution is -0.254. The summed E-state index contributed by atoms with van der Waals surface area (Å²) in [6.45, 7) is 4.29. The highest BCUT2D eigenvalue weighted by Gasteiger charge is 2.65. The van der Waals surface area contributed by atoms with E-state index < -0.39 is 17.7 Å². The predicted octanol–water partition coefficient (Wildman–Crippen LogP) is 6.69. The Balaban J connectivity index is 1.56. The Morgan fingerprint density at radius 1 is 1.03 bits per heavy atom. The maximum atomic E-state index is 14.9. The molecule has 3 aliphatic rings. The van der Waals surface area contributed by atoms with Crippen molar-refractivity contribution in [3.8, 4) is 17.6 Å². The van der Waals surface area contributed by atoms with E-state index in [0.29, 0.717) is 46.7 Å². The molecule has 0 bridgehead atoms. The van der Waals surface area contributed by atoms with Crippen LogP contribution in [0.3, 0.4) is 0 Å². The fourth-order valence-electron chi connectivity index (χ4n) is 9.21. The van der Waals surface area contributed by atoms with Crippen molar-refractivity contribution in [2.24, 2.45) is 22.9 Å². The molecule has 60 heavy (non-hydrogen) atoms. The Morgan fingerprint density at radius 2 is 1.80 bits per heavy atom. The van der Waals surface area contributed by atoms with E-state index in [-0.39, 0.29) is 88.7 Å². The lowest BCUT2D eigenvalue weighted by atomic mass is 9.55. The molecule has 6 rings (SSSR count). The van der Waals surface area contributed by atoms with E-state index >= 15 is 0 Å². The van der Waals surface area contributed by atoms with Crippen molar-refractivity contribution in [1.82, 2.24) is 4.90 Å². The quantitative estimate of drug-likeness (QED) is 0.0565. The largest absolute Gasteiger partial charge is 0.489 e. The number of carbonyl (C=O) groups excluding carboxylic acids is 1. The van der Waals surface area contributed by atoms with Gasteiger partial charge in [0.05, 0.1) is 49.7 Å². The zero-order valence-electron chi connectivity index (χ0n) is 34.2. The summed E-state index contributed by atoms with van der Waals surface area (Å²) in [7, 11) is 1.49. The van der Waals surface area contributed by atoms with Gasteiger partial charge in [0.15, 0.2) is 0 Å². The van der Waals surface area contributed by atoms with Gasteiger partial charge in [-0.25, -0.2) is 4.39 Å². The summed E-state index contributed by atoms with van der Waals surface area (Å²) in [6, 6.07) is 19.8. The first-order valence-electron chi connectivity index (χ1n) is 20.8. The maximum Gasteiger partial charge on any atom is 0.254 e. The summed E-state index contributed by atoms with van der Waals surface area (Å²) in [5.41, 5.74) is 3.55. The Hall–Kier alpha value is -5.10. The molecule has 1 fully saturated rings. The summed E-state index contributed by atoms with van der Waals surface area (Å²) in [6.07, 6.45) is 8.40. The number of hydrogen-bond donors (Lipinski definition) is 3. The van der Waals surface area contributed by atoms with Crippen LogP contribution in [0.4, 0.5) is 4.39 Å². The summed E-state index contributed by atoms with van der Waals surface area (Å²) in [4.78, 5) is 22.1. The summed E-state index contributed by atoms with van der Waals surface area (Å²) in [5.74, 6) is -1.98. The first-order chi connectivity index (χ1) is 29.3. The van der Waals surface area contributed by atoms with Crippen molar-refractivity contribution in [3.63, 3.8) is 0 Å². The Bertz CT molecular complexity index is 2020. The number of fused-ring (bicyclic) bond motifs is 2. The smallest absolute Gasteiger partial charge is 0.254 e. The van der Waals surface area contributed by atoms with Crippen LogP contribution in [0.1, 0.15) is 77.9 Å². The molecule has 13 heteroatoms. The molecule has 6 unspecified atom stereocenters. The number of oxime groups is 1. The van der Waals surface area contributed by atoms with Crippen LogP contribution in [0.2, 0.25) is 0 Å². The highest BCUT2D eigenvalue weighted by molar-refractivity contribution is 6.03. The van der Waals surface area contributed by atoms with Crippen molar-refractivity contribution in [3.05, 3.63) is 119 Å². The minimum atomic E-state index is -1.51. The molecule has 3 aromatic carbocycles. The number of benzene rings is 3.